The van der Waals surface area contributed by atoms with Crippen LogP contribution in [-0.2, 0) is 4.79 Å². The number of guanidine groups is 1. The number of carbonyl (C=O) groups is 1. The van der Waals surface area contributed by atoms with Crippen molar-refractivity contribution < 1.29 is 9.21 Å². The van der Waals surface area contributed by atoms with E-state index in [4.69, 9.17) is 10.2 Å². The number of rotatable bonds is 6. The minimum Gasteiger partial charge on any atom is -0.468 e. The fraction of sp³-hybridized carbons (Fsp3) is 0.700. The molecule has 0 bridgehead atoms. The van der Waals surface area contributed by atoms with Gasteiger partial charge in [0.1, 0.15) is 5.76 Å². The van der Waals surface area contributed by atoms with Crippen molar-refractivity contribution in [3.8, 4) is 0 Å². The second-order valence-electron chi connectivity index (χ2n) is 7.68. The van der Waals surface area contributed by atoms with E-state index in [0.29, 0.717) is 12.3 Å². The number of nitrogens with one attached hydrogen (secondary N) is 1. The van der Waals surface area contributed by atoms with E-state index >= 15 is 0 Å². The Bertz CT molecular complexity index is 610. The number of amides is 1. The molecule has 1 aromatic rings. The Morgan fingerprint density at radius 2 is 2.15 bits per heavy atom. The van der Waals surface area contributed by atoms with Crippen molar-refractivity contribution >= 4 is 11.9 Å². The van der Waals surface area contributed by atoms with E-state index < -0.39 is 0 Å². The number of hydrogen-bond acceptors (Lipinski definition) is 4. The van der Waals surface area contributed by atoms with Crippen molar-refractivity contribution in [2.45, 2.75) is 44.6 Å². The number of likely N-dealkylation sites (tertiary alicyclic amines) is 2. The highest BCUT2D eigenvalue weighted by Gasteiger charge is 2.27. The molecule has 0 saturated carbocycles. The highest BCUT2D eigenvalue weighted by atomic mass is 16.3. The van der Waals surface area contributed by atoms with E-state index in [0.717, 1.165) is 57.3 Å². The molecule has 3 rings (SSSR count). The smallest absolute Gasteiger partial charge is 0.217 e. The fourth-order valence-corrected chi connectivity index (χ4v) is 4.35. The van der Waals surface area contributed by atoms with Crippen LogP contribution in [0.25, 0.3) is 0 Å². The molecule has 3 heterocycles. The summed E-state index contributed by atoms with van der Waals surface area (Å²) in [6.07, 6.45) is 8.12. The molecule has 0 spiro atoms. The van der Waals surface area contributed by atoms with Gasteiger partial charge in [-0.1, -0.05) is 6.42 Å². The molecule has 2 unspecified atom stereocenters. The van der Waals surface area contributed by atoms with Crippen molar-refractivity contribution in [3.05, 3.63) is 24.2 Å². The molecule has 0 aromatic carbocycles. The van der Waals surface area contributed by atoms with Gasteiger partial charge >= 0.3 is 0 Å². The van der Waals surface area contributed by atoms with Gasteiger partial charge in [0, 0.05) is 33.1 Å². The molecule has 0 aliphatic carbocycles. The van der Waals surface area contributed by atoms with Crippen molar-refractivity contribution in [1.82, 2.24) is 15.1 Å². The van der Waals surface area contributed by atoms with Gasteiger partial charge < -0.3 is 20.4 Å². The Labute approximate surface area is 162 Å². The second kappa shape index (κ2) is 9.78. The standard InChI is InChI=1S/C20H33N5O2/c1-22-20(25-11-5-7-16(15-25)13-19(21)26)23-14-17(18-8-6-12-27-18)24-9-3-2-4-10-24/h6,8,12,16-17H,2-5,7,9-11,13-15H2,1H3,(H2,21,26)(H,22,23). The molecule has 7 heteroatoms. The first kappa shape index (κ1) is 19.7. The van der Waals surface area contributed by atoms with Gasteiger partial charge in [-0.3, -0.25) is 14.7 Å². The molecule has 150 valence electrons. The van der Waals surface area contributed by atoms with E-state index in [9.17, 15) is 4.79 Å². The van der Waals surface area contributed by atoms with Crippen molar-refractivity contribution in [3.63, 3.8) is 0 Å². The van der Waals surface area contributed by atoms with Gasteiger partial charge in [-0.2, -0.15) is 0 Å². The summed E-state index contributed by atoms with van der Waals surface area (Å²) in [6.45, 7) is 4.77. The number of piperidine rings is 2. The van der Waals surface area contributed by atoms with Crippen molar-refractivity contribution in [2.24, 2.45) is 16.6 Å². The van der Waals surface area contributed by atoms with Crippen molar-refractivity contribution in [2.75, 3.05) is 39.8 Å². The lowest BCUT2D eigenvalue weighted by molar-refractivity contribution is -0.119. The van der Waals surface area contributed by atoms with Crippen molar-refractivity contribution in [1.29, 1.82) is 0 Å². The fourth-order valence-electron chi connectivity index (χ4n) is 4.35. The lowest BCUT2D eigenvalue weighted by Gasteiger charge is -2.37. The van der Waals surface area contributed by atoms with E-state index in [2.05, 4.69) is 26.2 Å². The summed E-state index contributed by atoms with van der Waals surface area (Å²) in [4.78, 5) is 20.5. The molecule has 1 aromatic heterocycles. The van der Waals surface area contributed by atoms with E-state index in [1.165, 1.54) is 19.3 Å². The SMILES string of the molecule is CN=C(NCC(c1ccco1)N1CCCCC1)N1CCCC(CC(N)=O)C1. The van der Waals surface area contributed by atoms with Gasteiger partial charge in [-0.05, 0) is 56.8 Å². The molecule has 1 amide bonds. The number of aliphatic imine (C=N–C) groups is 1. The Morgan fingerprint density at radius 3 is 2.81 bits per heavy atom. The zero-order chi connectivity index (χ0) is 19.1. The minimum absolute atomic E-state index is 0.211. The Morgan fingerprint density at radius 1 is 1.33 bits per heavy atom. The molecule has 3 N–H and O–H groups in total. The van der Waals surface area contributed by atoms with Crippen LogP contribution in [-0.4, -0.2) is 61.4 Å². The normalized spacial score (nSPS) is 23.2. The van der Waals surface area contributed by atoms with E-state index in [1.807, 2.05) is 13.1 Å². The van der Waals surface area contributed by atoms with Crippen LogP contribution in [0.3, 0.4) is 0 Å². The maximum atomic E-state index is 11.3. The third-order valence-corrected chi connectivity index (χ3v) is 5.68. The average molecular weight is 376 g/mol. The predicted molar refractivity (Wildman–Crippen MR) is 106 cm³/mol. The summed E-state index contributed by atoms with van der Waals surface area (Å²) in [7, 11) is 1.82. The number of nitrogens with two attached hydrogens (primary N) is 1. The Kier molecular flexibility index (Phi) is 7.15. The third kappa shape index (κ3) is 5.48. The zero-order valence-corrected chi connectivity index (χ0v) is 16.4. The molecule has 0 radical (unpaired) electrons. The molecule has 7 nitrogen and oxygen atoms in total. The molecule has 2 fully saturated rings. The Hall–Kier alpha value is -2.02. The maximum absolute atomic E-state index is 11.3. The highest BCUT2D eigenvalue weighted by molar-refractivity contribution is 5.80. The average Bonchev–Trinajstić information content (AvgIpc) is 3.20. The summed E-state index contributed by atoms with van der Waals surface area (Å²) in [5.41, 5.74) is 5.39. The van der Waals surface area contributed by atoms with Crippen LogP contribution in [0.15, 0.2) is 27.8 Å². The van der Waals surface area contributed by atoms with Crippen LogP contribution in [0.5, 0.6) is 0 Å². The van der Waals surface area contributed by atoms with Gasteiger partial charge in [0.2, 0.25) is 5.91 Å². The molecule has 2 saturated heterocycles. The van der Waals surface area contributed by atoms with Crippen LogP contribution in [0.4, 0.5) is 0 Å². The van der Waals surface area contributed by atoms with Gasteiger partial charge in [0.15, 0.2) is 5.96 Å². The van der Waals surface area contributed by atoms with Gasteiger partial charge in [-0.15, -0.1) is 0 Å². The molecule has 27 heavy (non-hydrogen) atoms. The number of furan rings is 1. The van der Waals surface area contributed by atoms with Crippen LogP contribution in [0, 0.1) is 5.92 Å². The van der Waals surface area contributed by atoms with Crippen LogP contribution in [0.1, 0.15) is 50.3 Å². The summed E-state index contributed by atoms with van der Waals surface area (Å²) in [5, 5.41) is 3.56. The van der Waals surface area contributed by atoms with Crippen LogP contribution in [0.2, 0.25) is 0 Å². The van der Waals surface area contributed by atoms with Crippen LogP contribution < -0.4 is 11.1 Å². The molecular formula is C20H33N5O2. The summed E-state index contributed by atoms with van der Waals surface area (Å²) in [6, 6.07) is 4.23. The largest absolute Gasteiger partial charge is 0.468 e. The van der Waals surface area contributed by atoms with Gasteiger partial charge in [0.25, 0.3) is 0 Å². The second-order valence-corrected chi connectivity index (χ2v) is 7.68. The first-order valence-corrected chi connectivity index (χ1v) is 10.2. The molecule has 2 atom stereocenters. The van der Waals surface area contributed by atoms with Gasteiger partial charge in [0.05, 0.1) is 12.3 Å². The highest BCUT2D eigenvalue weighted by Crippen LogP contribution is 2.25. The first-order valence-electron chi connectivity index (χ1n) is 10.2. The van der Waals surface area contributed by atoms with Crippen LogP contribution >= 0.6 is 0 Å². The summed E-state index contributed by atoms with van der Waals surface area (Å²) < 4.78 is 5.73. The maximum Gasteiger partial charge on any atom is 0.217 e. The third-order valence-electron chi connectivity index (χ3n) is 5.68. The quantitative estimate of drug-likeness (QED) is 0.586. The number of nitrogens with zero attached hydrogens (tertiary/aromatic N) is 3. The molecule has 2 aliphatic heterocycles. The van der Waals surface area contributed by atoms with E-state index in [1.54, 1.807) is 6.26 Å². The zero-order valence-electron chi connectivity index (χ0n) is 16.4. The number of hydrogen-bond donors (Lipinski definition) is 2. The minimum atomic E-state index is -0.215. The van der Waals surface area contributed by atoms with E-state index in [-0.39, 0.29) is 11.9 Å². The molecular weight excluding hydrogens is 342 g/mol. The number of primary amides is 1. The first-order chi connectivity index (χ1) is 13.2. The van der Waals surface area contributed by atoms with Gasteiger partial charge in [-0.25, -0.2) is 0 Å². The summed E-state index contributed by atoms with van der Waals surface area (Å²) >= 11 is 0. The topological polar surface area (TPSA) is 87.1 Å². The number of carbonyl (C=O) groups excluding carboxylic acids is 1. The summed E-state index contributed by atoms with van der Waals surface area (Å²) in [5.74, 6) is 2.01. The lowest BCUT2D eigenvalue weighted by atomic mass is 9.95. The predicted octanol–water partition coefficient (Wildman–Crippen LogP) is 1.97. The molecule has 2 aliphatic rings. The Balaban J connectivity index is 1.61. The monoisotopic (exact) mass is 375 g/mol. The lowest BCUT2D eigenvalue weighted by Crippen LogP contribution is -2.49.